The van der Waals surface area contributed by atoms with Crippen molar-refractivity contribution in [2.45, 2.75) is 24.5 Å². The van der Waals surface area contributed by atoms with E-state index in [1.54, 1.807) is 24.3 Å². The molecule has 3 aromatic rings. The summed E-state index contributed by atoms with van der Waals surface area (Å²) >= 11 is 11.8. The zero-order valence-electron chi connectivity index (χ0n) is 16.5. The second kappa shape index (κ2) is 10.2. The van der Waals surface area contributed by atoms with Gasteiger partial charge in [-0.2, -0.15) is 4.72 Å². The summed E-state index contributed by atoms with van der Waals surface area (Å²) in [7, 11) is -4.04. The molecule has 31 heavy (non-hydrogen) atoms. The summed E-state index contributed by atoms with van der Waals surface area (Å²) in [4.78, 5) is 12.2. The van der Waals surface area contributed by atoms with Gasteiger partial charge in [-0.25, -0.2) is 8.42 Å². The summed E-state index contributed by atoms with van der Waals surface area (Å²) in [5.74, 6) is 0.117. The third-order valence-electron chi connectivity index (χ3n) is 4.28. The van der Waals surface area contributed by atoms with Crippen molar-refractivity contribution in [3.63, 3.8) is 0 Å². The summed E-state index contributed by atoms with van der Waals surface area (Å²) in [6.07, 6.45) is 0. The Bertz CT molecular complexity index is 1150. The van der Waals surface area contributed by atoms with Crippen molar-refractivity contribution in [1.82, 2.24) is 4.72 Å². The van der Waals surface area contributed by atoms with E-state index in [-0.39, 0.29) is 14.9 Å². The lowest BCUT2D eigenvalue weighted by molar-refractivity contribution is -0.117. The van der Waals surface area contributed by atoms with Gasteiger partial charge in [-0.1, -0.05) is 53.5 Å². The van der Waals surface area contributed by atoms with Crippen LogP contribution in [0.5, 0.6) is 5.75 Å². The normalized spacial score (nSPS) is 12.2. The number of sulfonamides is 1. The van der Waals surface area contributed by atoms with Gasteiger partial charge in [0.25, 0.3) is 0 Å². The van der Waals surface area contributed by atoms with Gasteiger partial charge in [-0.15, -0.1) is 0 Å². The molecule has 9 heteroatoms. The minimum atomic E-state index is -4.04. The maximum absolute atomic E-state index is 12.6. The summed E-state index contributed by atoms with van der Waals surface area (Å²) in [6.45, 7) is 1.86. The molecule has 2 N–H and O–H groups in total. The summed E-state index contributed by atoms with van der Waals surface area (Å²) in [6, 6.07) is 19.6. The van der Waals surface area contributed by atoms with Crippen LogP contribution in [-0.2, 0) is 21.4 Å². The Kier molecular flexibility index (Phi) is 7.56. The number of hydrogen-bond donors (Lipinski definition) is 2. The average Bonchev–Trinajstić information content (AvgIpc) is 2.75. The fraction of sp³-hybridized carbons (Fsp3) is 0.136. The van der Waals surface area contributed by atoms with Crippen molar-refractivity contribution in [1.29, 1.82) is 0 Å². The van der Waals surface area contributed by atoms with Crippen molar-refractivity contribution in [2.24, 2.45) is 0 Å². The second-order valence-corrected chi connectivity index (χ2v) is 9.23. The molecule has 162 valence electrons. The van der Waals surface area contributed by atoms with E-state index in [1.165, 1.54) is 25.1 Å². The SMILES string of the molecule is CC(NS(=O)(=O)c1cc(Cl)ccc1Cl)C(=O)Nc1ccc(OCc2ccccc2)cc1. The number of amides is 1. The first-order valence-electron chi connectivity index (χ1n) is 9.29. The molecule has 0 aliphatic rings. The lowest BCUT2D eigenvalue weighted by Crippen LogP contribution is -2.41. The molecule has 6 nitrogen and oxygen atoms in total. The minimum Gasteiger partial charge on any atom is -0.489 e. The standard InChI is InChI=1S/C22H20Cl2N2O4S/c1-15(26-31(28,29)21-13-17(23)7-12-20(21)24)22(27)25-18-8-10-19(11-9-18)30-14-16-5-3-2-4-6-16/h2-13,15,26H,14H2,1H3,(H,25,27). The molecular weight excluding hydrogens is 459 g/mol. The lowest BCUT2D eigenvalue weighted by atomic mass is 10.2. The fourth-order valence-electron chi connectivity index (χ4n) is 2.66. The summed E-state index contributed by atoms with van der Waals surface area (Å²) in [5, 5.41) is 2.89. The van der Waals surface area contributed by atoms with E-state index in [4.69, 9.17) is 27.9 Å². The van der Waals surface area contributed by atoms with E-state index in [2.05, 4.69) is 10.0 Å². The third-order valence-corrected chi connectivity index (χ3v) is 6.54. The van der Waals surface area contributed by atoms with Gasteiger partial charge < -0.3 is 10.1 Å². The molecule has 0 fully saturated rings. The number of hydrogen-bond acceptors (Lipinski definition) is 4. The van der Waals surface area contributed by atoms with Gasteiger partial charge in [-0.05, 0) is 55.0 Å². The Balaban J connectivity index is 1.58. The van der Waals surface area contributed by atoms with Crippen LogP contribution in [-0.4, -0.2) is 20.4 Å². The highest BCUT2D eigenvalue weighted by Crippen LogP contribution is 2.25. The van der Waals surface area contributed by atoms with Crippen LogP contribution >= 0.6 is 23.2 Å². The minimum absolute atomic E-state index is 0.00981. The third kappa shape index (κ3) is 6.45. The van der Waals surface area contributed by atoms with Crippen LogP contribution in [0.2, 0.25) is 10.0 Å². The highest BCUT2D eigenvalue weighted by Gasteiger charge is 2.24. The first-order valence-corrected chi connectivity index (χ1v) is 11.5. The van der Waals surface area contributed by atoms with Crippen molar-refractivity contribution >= 4 is 44.8 Å². The van der Waals surface area contributed by atoms with Crippen molar-refractivity contribution < 1.29 is 17.9 Å². The molecule has 1 atom stereocenters. The van der Waals surface area contributed by atoms with Gasteiger partial charge in [0.2, 0.25) is 15.9 Å². The molecule has 1 unspecified atom stereocenters. The van der Waals surface area contributed by atoms with E-state index >= 15 is 0 Å². The first kappa shape index (κ1) is 23.1. The summed E-state index contributed by atoms with van der Waals surface area (Å²) in [5.41, 5.74) is 1.55. The topological polar surface area (TPSA) is 84.5 Å². The van der Waals surface area contributed by atoms with Gasteiger partial charge in [0.05, 0.1) is 11.1 Å². The Labute approximate surface area is 191 Å². The van der Waals surface area contributed by atoms with Crippen LogP contribution < -0.4 is 14.8 Å². The number of halogens is 2. The Morgan fingerprint density at radius 2 is 1.68 bits per heavy atom. The predicted octanol–water partition coefficient (Wildman–Crippen LogP) is 4.88. The predicted molar refractivity (Wildman–Crippen MR) is 122 cm³/mol. The van der Waals surface area contributed by atoms with Crippen LogP contribution in [0.1, 0.15) is 12.5 Å². The number of rotatable bonds is 8. The molecular formula is C22H20Cl2N2O4S. The molecule has 1 amide bonds. The smallest absolute Gasteiger partial charge is 0.242 e. The number of carbonyl (C=O) groups excluding carboxylic acids is 1. The Morgan fingerprint density at radius 1 is 1.00 bits per heavy atom. The molecule has 0 aromatic heterocycles. The molecule has 0 bridgehead atoms. The van der Waals surface area contributed by atoms with E-state index in [1.807, 2.05) is 30.3 Å². The van der Waals surface area contributed by atoms with Gasteiger partial charge in [-0.3, -0.25) is 4.79 Å². The number of ether oxygens (including phenoxy) is 1. The first-order chi connectivity index (χ1) is 14.7. The fourth-order valence-corrected chi connectivity index (χ4v) is 4.62. The molecule has 3 rings (SSSR count). The Hall–Kier alpha value is -2.58. The number of benzene rings is 3. The van der Waals surface area contributed by atoms with Crippen LogP contribution in [0.4, 0.5) is 5.69 Å². The molecule has 3 aromatic carbocycles. The van der Waals surface area contributed by atoms with Gasteiger partial charge >= 0.3 is 0 Å². The maximum Gasteiger partial charge on any atom is 0.242 e. The second-order valence-electron chi connectivity index (χ2n) is 6.71. The molecule has 0 saturated heterocycles. The zero-order chi connectivity index (χ0) is 22.4. The highest BCUT2D eigenvalue weighted by molar-refractivity contribution is 7.89. The zero-order valence-corrected chi connectivity index (χ0v) is 18.8. The van der Waals surface area contributed by atoms with E-state index in [0.717, 1.165) is 5.56 Å². The van der Waals surface area contributed by atoms with Crippen molar-refractivity contribution in [3.8, 4) is 5.75 Å². The van der Waals surface area contributed by atoms with Crippen LogP contribution in [0.3, 0.4) is 0 Å². The van der Waals surface area contributed by atoms with Crippen LogP contribution in [0, 0.1) is 0 Å². The molecule has 0 saturated carbocycles. The average molecular weight is 479 g/mol. The van der Waals surface area contributed by atoms with E-state index in [9.17, 15) is 13.2 Å². The number of nitrogens with one attached hydrogen (secondary N) is 2. The molecule has 0 aliphatic heterocycles. The van der Waals surface area contributed by atoms with Crippen molar-refractivity contribution in [2.75, 3.05) is 5.32 Å². The van der Waals surface area contributed by atoms with Crippen LogP contribution in [0.25, 0.3) is 0 Å². The quantitative estimate of drug-likeness (QED) is 0.483. The maximum atomic E-state index is 12.6. The largest absolute Gasteiger partial charge is 0.489 e. The summed E-state index contributed by atoms with van der Waals surface area (Å²) < 4.78 is 33.1. The Morgan fingerprint density at radius 3 is 2.35 bits per heavy atom. The highest BCUT2D eigenvalue weighted by atomic mass is 35.5. The van der Waals surface area contributed by atoms with Gasteiger partial charge in [0.1, 0.15) is 17.3 Å². The van der Waals surface area contributed by atoms with Crippen molar-refractivity contribution in [3.05, 3.63) is 88.4 Å². The van der Waals surface area contributed by atoms with Gasteiger partial charge in [0, 0.05) is 10.7 Å². The van der Waals surface area contributed by atoms with E-state index < -0.39 is 22.0 Å². The molecule has 0 radical (unpaired) electrons. The van der Waals surface area contributed by atoms with Crippen LogP contribution in [0.15, 0.2) is 77.7 Å². The number of carbonyl (C=O) groups is 1. The molecule has 0 heterocycles. The van der Waals surface area contributed by atoms with E-state index in [0.29, 0.717) is 18.0 Å². The monoisotopic (exact) mass is 478 g/mol. The number of anilines is 1. The lowest BCUT2D eigenvalue weighted by Gasteiger charge is -2.15. The molecule has 0 spiro atoms. The molecule has 0 aliphatic carbocycles. The van der Waals surface area contributed by atoms with Gasteiger partial charge in [0.15, 0.2) is 0 Å².